The van der Waals surface area contributed by atoms with Gasteiger partial charge in [-0.15, -0.1) is 0 Å². The SMILES string of the molecule is CCCCCc1cc(O)c2c(c1)C=C(C)[C@@H]1CCC(C)=C[C@@H]21. The zero-order valence-corrected chi connectivity index (χ0v) is 14.2. The Labute approximate surface area is 134 Å². The summed E-state index contributed by atoms with van der Waals surface area (Å²) in [7, 11) is 0. The van der Waals surface area contributed by atoms with Gasteiger partial charge in [0.05, 0.1) is 0 Å². The second-order valence-electron chi connectivity index (χ2n) is 7.15. The van der Waals surface area contributed by atoms with Crippen molar-refractivity contribution >= 4 is 6.08 Å². The van der Waals surface area contributed by atoms with E-state index in [4.69, 9.17) is 0 Å². The number of unbranched alkanes of at least 4 members (excludes halogenated alkanes) is 2. The standard InChI is InChI=1S/C21H28O/c1-4-5-6-7-16-12-17-11-15(3)18-9-8-14(2)10-19(18)21(17)20(22)13-16/h10-13,18-19,22H,4-9H2,1-3H3/t18-,19+/m0/s1. The molecule has 0 saturated heterocycles. The Hall–Kier alpha value is -1.50. The first-order valence-electron chi connectivity index (χ1n) is 8.81. The number of allylic oxidation sites excluding steroid dienone is 3. The molecule has 0 unspecified atom stereocenters. The molecule has 0 bridgehead atoms. The monoisotopic (exact) mass is 296 g/mol. The summed E-state index contributed by atoms with van der Waals surface area (Å²) in [5.74, 6) is 1.46. The van der Waals surface area contributed by atoms with Gasteiger partial charge in [0.1, 0.15) is 5.75 Å². The zero-order chi connectivity index (χ0) is 15.7. The van der Waals surface area contributed by atoms with E-state index in [9.17, 15) is 5.11 Å². The van der Waals surface area contributed by atoms with Gasteiger partial charge in [-0.25, -0.2) is 0 Å². The highest BCUT2D eigenvalue weighted by Crippen LogP contribution is 2.48. The van der Waals surface area contributed by atoms with E-state index >= 15 is 0 Å². The minimum Gasteiger partial charge on any atom is -0.508 e. The molecule has 0 spiro atoms. The number of hydrogen-bond donors (Lipinski definition) is 1. The normalized spacial score (nSPS) is 23.4. The fourth-order valence-corrected chi connectivity index (χ4v) is 4.14. The lowest BCUT2D eigenvalue weighted by atomic mass is 9.69. The van der Waals surface area contributed by atoms with Crippen LogP contribution in [-0.4, -0.2) is 5.11 Å². The smallest absolute Gasteiger partial charge is 0.120 e. The molecular weight excluding hydrogens is 268 g/mol. The molecule has 1 aromatic carbocycles. The number of phenolic OH excluding ortho intramolecular Hbond substituents is 1. The lowest BCUT2D eigenvalue weighted by Gasteiger charge is -2.35. The predicted octanol–water partition coefficient (Wildman–Crippen LogP) is 5.98. The Morgan fingerprint density at radius 2 is 2.00 bits per heavy atom. The quantitative estimate of drug-likeness (QED) is 0.535. The number of hydrogen-bond acceptors (Lipinski definition) is 1. The molecule has 1 aromatic rings. The summed E-state index contributed by atoms with van der Waals surface area (Å²) in [5, 5.41) is 10.6. The Balaban J connectivity index is 1.98. The lowest BCUT2D eigenvalue weighted by Crippen LogP contribution is -2.21. The molecule has 0 aromatic heterocycles. The number of aryl methyl sites for hydroxylation is 1. The van der Waals surface area contributed by atoms with Crippen LogP contribution in [0.3, 0.4) is 0 Å². The first-order valence-corrected chi connectivity index (χ1v) is 8.81. The van der Waals surface area contributed by atoms with Gasteiger partial charge in [0, 0.05) is 11.5 Å². The van der Waals surface area contributed by atoms with E-state index < -0.39 is 0 Å². The molecule has 0 fully saturated rings. The number of phenols is 1. The van der Waals surface area contributed by atoms with Crippen LogP contribution in [-0.2, 0) is 6.42 Å². The first-order chi connectivity index (χ1) is 10.6. The predicted molar refractivity (Wildman–Crippen MR) is 94.2 cm³/mol. The van der Waals surface area contributed by atoms with Crippen LogP contribution in [0.2, 0.25) is 0 Å². The third-order valence-electron chi connectivity index (χ3n) is 5.37. The highest BCUT2D eigenvalue weighted by molar-refractivity contribution is 5.67. The Bertz CT molecular complexity index is 621. The van der Waals surface area contributed by atoms with Gasteiger partial charge in [-0.05, 0) is 62.6 Å². The third-order valence-corrected chi connectivity index (χ3v) is 5.37. The van der Waals surface area contributed by atoms with Crippen LogP contribution in [0.1, 0.15) is 75.5 Å². The second-order valence-corrected chi connectivity index (χ2v) is 7.15. The third kappa shape index (κ3) is 2.86. The van der Waals surface area contributed by atoms with Crippen molar-refractivity contribution in [2.45, 2.75) is 65.2 Å². The first kappa shape index (κ1) is 15.4. The molecule has 0 saturated carbocycles. The fraction of sp³-hybridized carbons (Fsp3) is 0.524. The number of rotatable bonds is 4. The van der Waals surface area contributed by atoms with Gasteiger partial charge < -0.3 is 5.11 Å². The average Bonchev–Trinajstić information content (AvgIpc) is 2.46. The maximum atomic E-state index is 10.6. The van der Waals surface area contributed by atoms with Crippen LogP contribution in [0, 0.1) is 5.92 Å². The molecule has 0 aliphatic heterocycles. The molecule has 2 atom stereocenters. The maximum Gasteiger partial charge on any atom is 0.120 e. The van der Waals surface area contributed by atoms with Crippen molar-refractivity contribution in [2.75, 3.05) is 0 Å². The van der Waals surface area contributed by atoms with Gasteiger partial charge in [0.15, 0.2) is 0 Å². The topological polar surface area (TPSA) is 20.2 Å². The van der Waals surface area contributed by atoms with Gasteiger partial charge in [-0.3, -0.25) is 0 Å². The number of fused-ring (bicyclic) bond motifs is 3. The Morgan fingerprint density at radius 1 is 1.18 bits per heavy atom. The van der Waals surface area contributed by atoms with E-state index in [1.165, 1.54) is 54.4 Å². The van der Waals surface area contributed by atoms with Crippen molar-refractivity contribution in [3.63, 3.8) is 0 Å². The average molecular weight is 296 g/mol. The molecule has 1 heteroatoms. The maximum absolute atomic E-state index is 10.6. The molecule has 0 radical (unpaired) electrons. The lowest BCUT2D eigenvalue weighted by molar-refractivity contribution is 0.432. The van der Waals surface area contributed by atoms with E-state index in [0.717, 1.165) is 12.0 Å². The van der Waals surface area contributed by atoms with Crippen LogP contribution >= 0.6 is 0 Å². The van der Waals surface area contributed by atoms with E-state index in [2.05, 4.69) is 39.0 Å². The molecule has 2 aliphatic rings. The molecule has 22 heavy (non-hydrogen) atoms. The molecule has 2 aliphatic carbocycles. The van der Waals surface area contributed by atoms with Crippen molar-refractivity contribution in [3.05, 3.63) is 46.0 Å². The highest BCUT2D eigenvalue weighted by Gasteiger charge is 2.32. The highest BCUT2D eigenvalue weighted by atomic mass is 16.3. The van der Waals surface area contributed by atoms with Crippen LogP contribution in [0.4, 0.5) is 0 Å². The number of aromatic hydroxyl groups is 1. The Kier molecular flexibility index (Phi) is 4.42. The van der Waals surface area contributed by atoms with E-state index in [1.54, 1.807) is 0 Å². The van der Waals surface area contributed by atoms with Gasteiger partial charge in [0.2, 0.25) is 0 Å². The van der Waals surface area contributed by atoms with Crippen molar-refractivity contribution in [3.8, 4) is 5.75 Å². The summed E-state index contributed by atoms with van der Waals surface area (Å²) >= 11 is 0. The molecule has 0 heterocycles. The van der Waals surface area contributed by atoms with Crippen molar-refractivity contribution in [2.24, 2.45) is 5.92 Å². The minimum absolute atomic E-state index is 0.374. The van der Waals surface area contributed by atoms with E-state index in [1.807, 2.05) is 6.07 Å². The van der Waals surface area contributed by atoms with Gasteiger partial charge >= 0.3 is 0 Å². The molecule has 118 valence electrons. The van der Waals surface area contributed by atoms with Crippen molar-refractivity contribution < 1.29 is 5.11 Å². The second kappa shape index (κ2) is 6.32. The van der Waals surface area contributed by atoms with Crippen molar-refractivity contribution in [1.82, 2.24) is 0 Å². The number of benzene rings is 1. The fourth-order valence-electron chi connectivity index (χ4n) is 4.14. The summed E-state index contributed by atoms with van der Waals surface area (Å²) in [6.45, 7) is 6.71. The van der Waals surface area contributed by atoms with E-state index in [-0.39, 0.29) is 0 Å². The molecule has 3 rings (SSSR count). The summed E-state index contributed by atoms with van der Waals surface area (Å²) < 4.78 is 0. The van der Waals surface area contributed by atoms with Crippen LogP contribution in [0.25, 0.3) is 6.08 Å². The van der Waals surface area contributed by atoms with Crippen LogP contribution in [0.15, 0.2) is 29.4 Å². The molecule has 1 N–H and O–H groups in total. The summed E-state index contributed by atoms with van der Waals surface area (Å²) in [6.07, 6.45) is 11.9. The summed E-state index contributed by atoms with van der Waals surface area (Å²) in [5.41, 5.74) is 6.63. The van der Waals surface area contributed by atoms with Gasteiger partial charge in [-0.2, -0.15) is 0 Å². The Morgan fingerprint density at radius 3 is 2.77 bits per heavy atom. The molecule has 1 nitrogen and oxygen atoms in total. The molecular formula is C21H28O. The zero-order valence-electron chi connectivity index (χ0n) is 14.2. The minimum atomic E-state index is 0.374. The summed E-state index contributed by atoms with van der Waals surface area (Å²) in [4.78, 5) is 0. The van der Waals surface area contributed by atoms with Crippen LogP contribution < -0.4 is 0 Å². The largest absolute Gasteiger partial charge is 0.508 e. The molecule has 0 amide bonds. The summed E-state index contributed by atoms with van der Waals surface area (Å²) in [6, 6.07) is 4.32. The van der Waals surface area contributed by atoms with Crippen molar-refractivity contribution in [1.29, 1.82) is 0 Å². The van der Waals surface area contributed by atoms with Gasteiger partial charge in [-0.1, -0.05) is 49.1 Å². The van der Waals surface area contributed by atoms with Gasteiger partial charge in [0.25, 0.3) is 0 Å². The van der Waals surface area contributed by atoms with Crippen LogP contribution in [0.5, 0.6) is 5.75 Å². The van der Waals surface area contributed by atoms with E-state index in [0.29, 0.717) is 17.6 Å².